The lowest BCUT2D eigenvalue weighted by molar-refractivity contribution is 0.288. The summed E-state index contributed by atoms with van der Waals surface area (Å²) < 4.78 is 31.3. The fraction of sp³-hybridized carbons (Fsp3) is 0.600. The number of nitrogens with one attached hydrogen (secondary N) is 1. The van der Waals surface area contributed by atoms with Crippen molar-refractivity contribution in [3.05, 3.63) is 29.8 Å². The third kappa shape index (κ3) is 7.11. The van der Waals surface area contributed by atoms with Crippen LogP contribution in [0.15, 0.2) is 18.2 Å². The van der Waals surface area contributed by atoms with E-state index in [2.05, 4.69) is 19.2 Å². The molecule has 0 saturated heterocycles. The maximum absolute atomic E-state index is 13.2. The highest BCUT2D eigenvalue weighted by molar-refractivity contribution is 5.24. The quantitative estimate of drug-likeness (QED) is 0.690. The fourth-order valence-corrected chi connectivity index (χ4v) is 1.69. The molecule has 0 aliphatic heterocycles. The number of unbranched alkanes of at least 4 members (excludes halogenated alkanes) is 2. The molecule has 1 N–H and O–H groups in total. The molecule has 0 saturated carbocycles. The third-order valence-corrected chi connectivity index (χ3v) is 2.70. The van der Waals surface area contributed by atoms with Crippen molar-refractivity contribution in [2.45, 2.75) is 33.1 Å². The van der Waals surface area contributed by atoms with Crippen molar-refractivity contribution in [1.82, 2.24) is 5.32 Å². The van der Waals surface area contributed by atoms with Gasteiger partial charge in [0.1, 0.15) is 5.82 Å². The van der Waals surface area contributed by atoms with Crippen molar-refractivity contribution in [3.63, 3.8) is 0 Å². The van der Waals surface area contributed by atoms with Crippen LogP contribution in [-0.2, 0) is 0 Å². The van der Waals surface area contributed by atoms with E-state index in [9.17, 15) is 8.78 Å². The molecule has 1 aromatic carbocycles. The predicted molar refractivity (Wildman–Crippen MR) is 73.4 cm³/mol. The molecule has 0 bridgehead atoms. The lowest BCUT2D eigenvalue weighted by Crippen LogP contribution is -2.20. The monoisotopic (exact) mass is 271 g/mol. The van der Waals surface area contributed by atoms with E-state index in [1.807, 2.05) is 0 Å². The number of ether oxygens (including phenoxy) is 1. The molecule has 1 aromatic rings. The lowest BCUT2D eigenvalue weighted by Gasteiger charge is -2.08. The molecule has 4 heteroatoms. The van der Waals surface area contributed by atoms with Crippen LogP contribution in [0.4, 0.5) is 8.78 Å². The van der Waals surface area contributed by atoms with Crippen LogP contribution < -0.4 is 10.1 Å². The van der Waals surface area contributed by atoms with E-state index in [0.29, 0.717) is 12.5 Å². The first-order valence-corrected chi connectivity index (χ1v) is 6.88. The van der Waals surface area contributed by atoms with Gasteiger partial charge in [-0.25, -0.2) is 8.78 Å². The summed E-state index contributed by atoms with van der Waals surface area (Å²) in [6, 6.07) is 3.25. The van der Waals surface area contributed by atoms with Crippen LogP contribution in [0.2, 0.25) is 0 Å². The Morgan fingerprint density at radius 2 is 1.95 bits per heavy atom. The minimum atomic E-state index is -0.514. The van der Waals surface area contributed by atoms with Gasteiger partial charge < -0.3 is 10.1 Å². The first-order valence-electron chi connectivity index (χ1n) is 6.88. The first-order chi connectivity index (χ1) is 9.09. The van der Waals surface area contributed by atoms with Gasteiger partial charge in [0.15, 0.2) is 11.6 Å². The molecule has 1 rings (SSSR count). The summed E-state index contributed by atoms with van der Waals surface area (Å²) in [5, 5.41) is 3.36. The minimum absolute atomic E-state index is 0.00191. The Morgan fingerprint density at radius 1 is 1.16 bits per heavy atom. The number of halogens is 2. The first kappa shape index (κ1) is 15.9. The molecule has 2 nitrogen and oxygen atoms in total. The summed E-state index contributed by atoms with van der Waals surface area (Å²) in [5.74, 6) is -0.327. The van der Waals surface area contributed by atoms with Crippen molar-refractivity contribution in [2.24, 2.45) is 5.92 Å². The van der Waals surface area contributed by atoms with E-state index in [-0.39, 0.29) is 5.75 Å². The Hall–Kier alpha value is -1.16. The van der Waals surface area contributed by atoms with Crippen molar-refractivity contribution < 1.29 is 13.5 Å². The second-order valence-corrected chi connectivity index (χ2v) is 5.08. The van der Waals surface area contributed by atoms with Gasteiger partial charge in [0.25, 0.3) is 0 Å². The Bertz CT molecular complexity index is 369. The SMILES string of the molecule is CC(C)CNCCCCCOc1cc(F)ccc1F. The topological polar surface area (TPSA) is 21.3 Å². The highest BCUT2D eigenvalue weighted by Gasteiger charge is 2.04. The van der Waals surface area contributed by atoms with Crippen LogP contribution in [0.25, 0.3) is 0 Å². The molecule has 0 aliphatic carbocycles. The zero-order valence-corrected chi connectivity index (χ0v) is 11.7. The molecular formula is C15H23F2NO. The van der Waals surface area contributed by atoms with E-state index in [1.165, 1.54) is 0 Å². The average Bonchev–Trinajstić information content (AvgIpc) is 2.36. The van der Waals surface area contributed by atoms with Crippen LogP contribution >= 0.6 is 0 Å². The highest BCUT2D eigenvalue weighted by atomic mass is 19.1. The molecule has 0 fully saturated rings. The van der Waals surface area contributed by atoms with Crippen molar-refractivity contribution in [2.75, 3.05) is 19.7 Å². The molecule has 0 aliphatic rings. The molecular weight excluding hydrogens is 248 g/mol. The number of benzene rings is 1. The Balaban J connectivity index is 2.06. The Kier molecular flexibility index (Phi) is 7.41. The van der Waals surface area contributed by atoms with E-state index in [4.69, 9.17) is 4.74 Å². The summed E-state index contributed by atoms with van der Waals surface area (Å²) in [7, 11) is 0. The maximum Gasteiger partial charge on any atom is 0.165 e. The molecule has 0 unspecified atom stereocenters. The lowest BCUT2D eigenvalue weighted by atomic mass is 10.2. The zero-order chi connectivity index (χ0) is 14.1. The summed E-state index contributed by atoms with van der Waals surface area (Å²) in [4.78, 5) is 0. The largest absolute Gasteiger partial charge is 0.490 e. The summed E-state index contributed by atoms with van der Waals surface area (Å²) in [5.41, 5.74) is 0. The van der Waals surface area contributed by atoms with Gasteiger partial charge in [-0.3, -0.25) is 0 Å². The third-order valence-electron chi connectivity index (χ3n) is 2.70. The molecule has 19 heavy (non-hydrogen) atoms. The normalized spacial score (nSPS) is 11.0. The molecule has 0 atom stereocenters. The van der Waals surface area contributed by atoms with Gasteiger partial charge in [0, 0.05) is 6.07 Å². The van der Waals surface area contributed by atoms with E-state index >= 15 is 0 Å². The van der Waals surface area contributed by atoms with Gasteiger partial charge in [-0.05, 0) is 50.4 Å². The van der Waals surface area contributed by atoms with Gasteiger partial charge in [-0.1, -0.05) is 13.8 Å². The average molecular weight is 271 g/mol. The van der Waals surface area contributed by atoms with E-state index in [0.717, 1.165) is 50.6 Å². The zero-order valence-electron chi connectivity index (χ0n) is 11.7. The van der Waals surface area contributed by atoms with Crippen LogP contribution in [-0.4, -0.2) is 19.7 Å². The van der Waals surface area contributed by atoms with Gasteiger partial charge in [0.05, 0.1) is 6.61 Å². The highest BCUT2D eigenvalue weighted by Crippen LogP contribution is 2.18. The second-order valence-electron chi connectivity index (χ2n) is 5.08. The molecule has 0 radical (unpaired) electrons. The minimum Gasteiger partial charge on any atom is -0.490 e. The maximum atomic E-state index is 13.2. The number of hydrogen-bond donors (Lipinski definition) is 1. The van der Waals surface area contributed by atoms with E-state index in [1.54, 1.807) is 0 Å². The summed E-state index contributed by atoms with van der Waals surface area (Å²) in [6.07, 6.45) is 2.93. The Labute approximate surface area is 114 Å². The smallest absolute Gasteiger partial charge is 0.165 e. The van der Waals surface area contributed by atoms with Gasteiger partial charge >= 0.3 is 0 Å². The second kappa shape index (κ2) is 8.86. The molecule has 0 spiro atoms. The number of rotatable bonds is 9. The van der Waals surface area contributed by atoms with Gasteiger partial charge in [0.2, 0.25) is 0 Å². The van der Waals surface area contributed by atoms with E-state index < -0.39 is 11.6 Å². The predicted octanol–water partition coefficient (Wildman–Crippen LogP) is 3.76. The van der Waals surface area contributed by atoms with Crippen molar-refractivity contribution in [3.8, 4) is 5.75 Å². The van der Waals surface area contributed by atoms with Crippen LogP contribution in [0.5, 0.6) is 5.75 Å². The van der Waals surface area contributed by atoms with Crippen molar-refractivity contribution >= 4 is 0 Å². The molecule has 0 amide bonds. The molecule has 0 aromatic heterocycles. The molecule has 0 heterocycles. The van der Waals surface area contributed by atoms with Crippen LogP contribution in [0, 0.1) is 17.6 Å². The fourth-order valence-electron chi connectivity index (χ4n) is 1.69. The summed E-state index contributed by atoms with van der Waals surface area (Å²) >= 11 is 0. The summed E-state index contributed by atoms with van der Waals surface area (Å²) in [6.45, 7) is 6.80. The van der Waals surface area contributed by atoms with Crippen LogP contribution in [0.3, 0.4) is 0 Å². The van der Waals surface area contributed by atoms with Crippen LogP contribution in [0.1, 0.15) is 33.1 Å². The van der Waals surface area contributed by atoms with Crippen molar-refractivity contribution in [1.29, 1.82) is 0 Å². The molecule has 108 valence electrons. The van der Waals surface area contributed by atoms with Gasteiger partial charge in [-0.15, -0.1) is 0 Å². The standard InChI is InChI=1S/C15H23F2NO/c1-12(2)11-18-8-4-3-5-9-19-15-10-13(16)6-7-14(15)17/h6-7,10,12,18H,3-5,8-9,11H2,1-2H3. The number of hydrogen-bond acceptors (Lipinski definition) is 2. The van der Waals surface area contributed by atoms with Gasteiger partial charge in [-0.2, -0.15) is 0 Å². The Morgan fingerprint density at radius 3 is 2.68 bits per heavy atom.